The first-order valence-corrected chi connectivity index (χ1v) is 8.31. The second-order valence-electron chi connectivity index (χ2n) is 5.03. The van der Waals surface area contributed by atoms with Crippen LogP contribution in [0.25, 0.3) is 0 Å². The Morgan fingerprint density at radius 3 is 2.04 bits per heavy atom. The fourth-order valence-electron chi connectivity index (χ4n) is 2.08. The number of thioether (sulfide) groups is 1. The van der Waals surface area contributed by atoms with E-state index in [1.54, 1.807) is 14.2 Å². The Morgan fingerprint density at radius 2 is 1.52 bits per heavy atom. The predicted octanol–water partition coefficient (Wildman–Crippen LogP) is 3.67. The van der Waals surface area contributed by atoms with E-state index in [9.17, 15) is 4.79 Å². The Balaban J connectivity index is 1.83. The van der Waals surface area contributed by atoms with Gasteiger partial charge in [0.05, 0.1) is 26.0 Å². The van der Waals surface area contributed by atoms with Crippen LogP contribution in [-0.2, 0) is 4.79 Å². The molecule has 4 nitrogen and oxygen atoms in total. The van der Waals surface area contributed by atoms with Crippen LogP contribution in [0.3, 0.4) is 0 Å². The molecule has 1 N–H and O–H groups in total. The average Bonchev–Trinajstić information content (AvgIpc) is 2.60. The summed E-state index contributed by atoms with van der Waals surface area (Å²) in [7, 11) is 3.27. The van der Waals surface area contributed by atoms with Gasteiger partial charge >= 0.3 is 0 Å². The van der Waals surface area contributed by atoms with Crippen molar-refractivity contribution in [1.29, 1.82) is 0 Å². The van der Waals surface area contributed by atoms with Gasteiger partial charge in [-0.2, -0.15) is 0 Å². The molecule has 0 heterocycles. The first kappa shape index (κ1) is 17.2. The Kier molecular flexibility index (Phi) is 6.35. The molecule has 2 rings (SSSR count). The molecule has 1 atom stereocenters. The molecule has 0 radical (unpaired) electrons. The van der Waals surface area contributed by atoms with Crippen molar-refractivity contribution in [2.24, 2.45) is 0 Å². The second-order valence-corrected chi connectivity index (χ2v) is 6.08. The summed E-state index contributed by atoms with van der Waals surface area (Å²) >= 11 is 1.50. The smallest absolute Gasteiger partial charge is 0.230 e. The van der Waals surface area contributed by atoms with E-state index >= 15 is 0 Å². The molecule has 0 aliphatic rings. The molecule has 0 bridgehead atoms. The van der Waals surface area contributed by atoms with Crippen LogP contribution in [0.4, 0.5) is 0 Å². The summed E-state index contributed by atoms with van der Waals surface area (Å²) in [6, 6.07) is 15.3. The summed E-state index contributed by atoms with van der Waals surface area (Å²) in [4.78, 5) is 13.1. The minimum absolute atomic E-state index is 0.00846. The van der Waals surface area contributed by atoms with Crippen molar-refractivity contribution in [3.05, 3.63) is 54.1 Å². The van der Waals surface area contributed by atoms with Gasteiger partial charge in [-0.25, -0.2) is 0 Å². The van der Waals surface area contributed by atoms with Gasteiger partial charge in [-0.15, -0.1) is 11.8 Å². The quantitative estimate of drug-likeness (QED) is 0.786. The molecule has 1 amide bonds. The van der Waals surface area contributed by atoms with E-state index in [1.807, 2.05) is 55.5 Å². The molecule has 2 aromatic rings. The molecular weight excluding hydrogens is 310 g/mol. The number of hydrogen-bond acceptors (Lipinski definition) is 4. The van der Waals surface area contributed by atoms with Crippen LogP contribution in [-0.4, -0.2) is 25.9 Å². The predicted molar refractivity (Wildman–Crippen MR) is 93.3 cm³/mol. The van der Waals surface area contributed by atoms with Gasteiger partial charge in [0.25, 0.3) is 0 Å². The van der Waals surface area contributed by atoms with Crippen LogP contribution in [0.1, 0.15) is 18.5 Å². The van der Waals surface area contributed by atoms with Crippen molar-refractivity contribution >= 4 is 17.7 Å². The van der Waals surface area contributed by atoms with E-state index in [2.05, 4.69) is 5.32 Å². The lowest BCUT2D eigenvalue weighted by Gasteiger charge is -2.14. The Labute approximate surface area is 141 Å². The van der Waals surface area contributed by atoms with Crippen LogP contribution in [0, 0.1) is 0 Å². The molecule has 122 valence electrons. The SMILES string of the molecule is COc1ccc(SCC(=O)N[C@H](C)c2ccc(OC)cc2)cc1. The van der Waals surface area contributed by atoms with Gasteiger partial charge < -0.3 is 14.8 Å². The first-order valence-electron chi connectivity index (χ1n) is 7.32. The van der Waals surface area contributed by atoms with Crippen molar-refractivity contribution < 1.29 is 14.3 Å². The number of hydrogen-bond donors (Lipinski definition) is 1. The molecule has 2 aromatic carbocycles. The van der Waals surface area contributed by atoms with Gasteiger partial charge in [0.2, 0.25) is 5.91 Å². The fourth-order valence-corrected chi connectivity index (χ4v) is 2.79. The number of rotatable bonds is 7. The minimum Gasteiger partial charge on any atom is -0.497 e. The largest absolute Gasteiger partial charge is 0.497 e. The normalized spacial score (nSPS) is 11.6. The molecule has 0 fully saturated rings. The highest BCUT2D eigenvalue weighted by atomic mass is 32.2. The van der Waals surface area contributed by atoms with Gasteiger partial charge in [0.15, 0.2) is 0 Å². The monoisotopic (exact) mass is 331 g/mol. The zero-order valence-electron chi connectivity index (χ0n) is 13.5. The standard InChI is InChI=1S/C18H21NO3S/c1-13(14-4-6-15(21-2)7-5-14)19-18(20)12-23-17-10-8-16(22-3)9-11-17/h4-11,13H,12H2,1-3H3,(H,19,20)/t13-/m1/s1. The van der Waals surface area contributed by atoms with Crippen LogP contribution in [0.5, 0.6) is 11.5 Å². The van der Waals surface area contributed by atoms with Crippen molar-refractivity contribution in [1.82, 2.24) is 5.32 Å². The van der Waals surface area contributed by atoms with Gasteiger partial charge in [0.1, 0.15) is 11.5 Å². The van der Waals surface area contributed by atoms with Crippen LogP contribution in [0.2, 0.25) is 0 Å². The van der Waals surface area contributed by atoms with Crippen LogP contribution in [0.15, 0.2) is 53.4 Å². The molecule has 5 heteroatoms. The topological polar surface area (TPSA) is 47.6 Å². The Hall–Kier alpha value is -2.14. The van der Waals surface area contributed by atoms with Crippen molar-refractivity contribution in [2.45, 2.75) is 17.9 Å². The van der Waals surface area contributed by atoms with Gasteiger partial charge in [-0.1, -0.05) is 12.1 Å². The molecule has 0 unspecified atom stereocenters. The maximum atomic E-state index is 12.1. The number of ether oxygens (including phenoxy) is 2. The third-order valence-electron chi connectivity index (χ3n) is 3.42. The lowest BCUT2D eigenvalue weighted by Crippen LogP contribution is -2.28. The molecule has 23 heavy (non-hydrogen) atoms. The molecule has 0 aromatic heterocycles. The van der Waals surface area contributed by atoms with E-state index in [1.165, 1.54) is 11.8 Å². The summed E-state index contributed by atoms with van der Waals surface area (Å²) in [5, 5.41) is 3.00. The number of nitrogens with one attached hydrogen (secondary N) is 1. The number of amides is 1. The number of benzene rings is 2. The fraction of sp³-hybridized carbons (Fsp3) is 0.278. The van der Waals surface area contributed by atoms with Crippen LogP contribution < -0.4 is 14.8 Å². The van der Waals surface area contributed by atoms with E-state index in [0.717, 1.165) is 22.0 Å². The van der Waals surface area contributed by atoms with E-state index in [-0.39, 0.29) is 11.9 Å². The summed E-state index contributed by atoms with van der Waals surface area (Å²) in [6.07, 6.45) is 0. The summed E-state index contributed by atoms with van der Waals surface area (Å²) < 4.78 is 10.2. The van der Waals surface area contributed by atoms with E-state index in [4.69, 9.17) is 9.47 Å². The number of carbonyl (C=O) groups is 1. The summed E-state index contributed by atoms with van der Waals surface area (Å²) in [6.45, 7) is 1.97. The number of carbonyl (C=O) groups excluding carboxylic acids is 1. The molecule has 0 saturated heterocycles. The molecule has 0 aliphatic heterocycles. The third kappa shape index (κ3) is 5.21. The van der Waals surface area contributed by atoms with Crippen molar-refractivity contribution in [2.75, 3.05) is 20.0 Å². The molecule has 0 spiro atoms. The summed E-state index contributed by atoms with van der Waals surface area (Å²) in [5.41, 5.74) is 1.05. The highest BCUT2D eigenvalue weighted by molar-refractivity contribution is 8.00. The summed E-state index contributed by atoms with van der Waals surface area (Å²) in [5.74, 6) is 2.01. The Morgan fingerprint density at radius 1 is 1.00 bits per heavy atom. The molecular formula is C18H21NO3S. The molecule has 0 aliphatic carbocycles. The second kappa shape index (κ2) is 8.48. The lowest BCUT2D eigenvalue weighted by atomic mass is 10.1. The van der Waals surface area contributed by atoms with Gasteiger partial charge in [-0.05, 0) is 48.9 Å². The van der Waals surface area contributed by atoms with Crippen molar-refractivity contribution in [3.63, 3.8) is 0 Å². The highest BCUT2D eigenvalue weighted by Crippen LogP contribution is 2.22. The third-order valence-corrected chi connectivity index (χ3v) is 4.43. The maximum absolute atomic E-state index is 12.1. The van der Waals surface area contributed by atoms with Crippen molar-refractivity contribution in [3.8, 4) is 11.5 Å². The van der Waals surface area contributed by atoms with Gasteiger partial charge in [0, 0.05) is 4.90 Å². The van der Waals surface area contributed by atoms with E-state index < -0.39 is 0 Å². The zero-order chi connectivity index (χ0) is 16.7. The lowest BCUT2D eigenvalue weighted by molar-refractivity contribution is -0.119. The zero-order valence-corrected chi connectivity index (χ0v) is 14.4. The van der Waals surface area contributed by atoms with Gasteiger partial charge in [-0.3, -0.25) is 4.79 Å². The highest BCUT2D eigenvalue weighted by Gasteiger charge is 2.10. The van der Waals surface area contributed by atoms with E-state index in [0.29, 0.717) is 5.75 Å². The first-order chi connectivity index (χ1) is 11.1. The Bertz CT molecular complexity index is 626. The van der Waals surface area contributed by atoms with Crippen LogP contribution >= 0.6 is 11.8 Å². The number of methoxy groups -OCH3 is 2. The molecule has 0 saturated carbocycles. The minimum atomic E-state index is -0.0372. The maximum Gasteiger partial charge on any atom is 0.230 e. The average molecular weight is 331 g/mol.